The van der Waals surface area contributed by atoms with Gasteiger partial charge in [0.15, 0.2) is 0 Å². The molecule has 0 radical (unpaired) electrons. The number of para-hydroxylation sites is 2. The Kier molecular flexibility index (Phi) is 3.28. The fraction of sp³-hybridized carbons (Fsp3) is 0. The summed E-state index contributed by atoms with van der Waals surface area (Å²) in [7, 11) is 0. The summed E-state index contributed by atoms with van der Waals surface area (Å²) in [6.45, 7) is 0. The quantitative estimate of drug-likeness (QED) is 0.149. The van der Waals surface area contributed by atoms with E-state index < -0.39 is 342 Å². The lowest BCUT2D eigenvalue weighted by Crippen LogP contribution is -2.11. The zero-order chi connectivity index (χ0) is 74.6. The molecular weight excluding hydrogens is 725 g/mol. The fourth-order valence-corrected chi connectivity index (χ4v) is 6.13. The molecule has 10 aromatic carbocycles. The summed E-state index contributed by atoms with van der Waals surface area (Å²) in [5.74, 6) is 0. The highest BCUT2D eigenvalue weighted by Gasteiger charge is 2.19. The Labute approximate surface area is 406 Å². The second-order valence-electron chi connectivity index (χ2n) is 12.3. The van der Waals surface area contributed by atoms with Gasteiger partial charge in [0.2, 0.25) is 0 Å². The van der Waals surface area contributed by atoms with E-state index in [0.717, 1.165) is 0 Å². The van der Waals surface area contributed by atoms with Crippen LogP contribution in [-0.2, 0) is 0 Å². The first-order valence-corrected chi connectivity index (χ1v) is 17.3. The van der Waals surface area contributed by atoms with Gasteiger partial charge in [-0.25, -0.2) is 0 Å². The van der Waals surface area contributed by atoms with Crippen LogP contribution in [0.4, 0.5) is 17.1 Å². The number of anilines is 3. The van der Waals surface area contributed by atoms with Crippen LogP contribution in [0.2, 0.25) is 0 Å². The van der Waals surface area contributed by atoms with Gasteiger partial charge in [0.05, 0.1) is 71.6 Å². The SMILES string of the molecule is [2H]c1c([2H])c([2H])c(-c2c([2H])c([2H])c(-c3c([2H])c([2H])c([2H])c([2H])c3N(c3c([2H])c([2H])c(-c4c([2H])c([2H])c([2H])c([2H])c4[2H])c([2H])c3[2H])c3c([2H])c([2H])c(-c4c([2H])c([2H])c5c(c4[2H])c4c([2H])c([2H])c([2H])c([2H])c4n5-c4c([2H])c([2H])c5c([2H])c([2H])c([2H])c([2H])c5c4[2H])c([2H])c3[2H])c([2H])c2[2H])c([2H])c1[2H]. The van der Waals surface area contributed by atoms with Gasteiger partial charge in [0.25, 0.3) is 0 Å². The second-order valence-corrected chi connectivity index (χ2v) is 12.3. The van der Waals surface area contributed by atoms with Gasteiger partial charge >= 0.3 is 0 Å². The monoisotopic (exact) mass is 805 g/mol. The predicted octanol–water partition coefficient (Wildman–Crippen LogP) is 16.1. The van der Waals surface area contributed by atoms with Gasteiger partial charge in [-0.15, -0.1) is 0 Å². The lowest BCUT2D eigenvalue weighted by Gasteiger charge is -2.28. The minimum atomic E-state index is -1.49. The summed E-state index contributed by atoms with van der Waals surface area (Å²) in [6, 6.07) is -45.9. The number of rotatable bonds is 8. The average molecular weight is 805 g/mol. The van der Waals surface area contributed by atoms with E-state index in [1.165, 1.54) is 0 Å². The van der Waals surface area contributed by atoms with E-state index in [1.807, 2.05) is 0 Å². The lowest BCUT2D eigenvalue weighted by molar-refractivity contribution is 1.19. The van der Waals surface area contributed by atoms with Gasteiger partial charge in [0.1, 0.15) is 0 Å². The van der Waals surface area contributed by atoms with Crippen LogP contribution in [0.5, 0.6) is 0 Å². The smallest absolute Gasteiger partial charge is 0.0651 e. The van der Waals surface area contributed by atoms with E-state index in [-0.39, 0.29) is 4.90 Å². The third kappa shape index (κ3) is 6.41. The molecule has 0 amide bonds. The van der Waals surface area contributed by atoms with Crippen molar-refractivity contribution in [3.8, 4) is 50.2 Å². The van der Waals surface area contributed by atoms with Crippen LogP contribution in [0.3, 0.4) is 0 Å². The van der Waals surface area contributed by atoms with Crippen LogP contribution >= 0.6 is 0 Å². The van der Waals surface area contributed by atoms with E-state index >= 15 is 0 Å². The molecule has 2 nitrogen and oxygen atoms in total. The van der Waals surface area contributed by atoms with Crippen molar-refractivity contribution >= 4 is 49.6 Å². The van der Waals surface area contributed by atoms with Crippen molar-refractivity contribution < 1.29 is 54.8 Å². The standard InChI is InChI=1S/C58H40N2/c1-3-13-41(14-4-1)44-23-25-47(26-24-44)53-19-9-11-21-56(53)59(50-33-27-45(28-34-50)42-15-5-2-6-16-42)51-35-29-46(30-36-51)49-32-38-58-55(40-49)54-20-10-12-22-57(54)60(58)52-37-31-43-17-7-8-18-48(43)39-52/h1-40H/i1D,2D,3D,4D,5D,6D,7D,8D,9D,10D,11D,12D,13D,14D,15D,16D,17D,18D,19D,20D,21D,22D,23D,24D,25D,26D,27D,28D,29D,30D,31D,32D,33D,34D,35D,36D,37D,38D,39D,40D. The zero-order valence-electron chi connectivity index (χ0n) is 69.9. The molecule has 282 valence electrons. The number of aromatic nitrogens is 1. The zero-order valence-corrected chi connectivity index (χ0v) is 29.9. The van der Waals surface area contributed by atoms with Crippen molar-refractivity contribution in [2.45, 2.75) is 0 Å². The molecule has 0 aliphatic rings. The van der Waals surface area contributed by atoms with E-state index in [0.29, 0.717) is 4.57 Å². The topological polar surface area (TPSA) is 8.17 Å². The molecule has 0 spiro atoms. The molecule has 0 bridgehead atoms. The third-order valence-corrected chi connectivity index (χ3v) is 8.81. The van der Waals surface area contributed by atoms with Crippen LogP contribution < -0.4 is 4.90 Å². The summed E-state index contributed by atoms with van der Waals surface area (Å²) in [5.41, 5.74) is -14.9. The Morgan fingerprint density at radius 1 is 0.317 bits per heavy atom. The van der Waals surface area contributed by atoms with E-state index in [1.54, 1.807) is 0 Å². The molecular formula is C58H40N2. The minimum absolute atomic E-state index is 0.174. The van der Waals surface area contributed by atoms with E-state index in [4.69, 9.17) is 26.0 Å². The Hall–Kier alpha value is -7.94. The van der Waals surface area contributed by atoms with Crippen molar-refractivity contribution in [3.63, 3.8) is 0 Å². The Morgan fingerprint density at radius 2 is 0.800 bits per heavy atom. The largest absolute Gasteiger partial charge is 0.310 e. The molecule has 60 heavy (non-hydrogen) atoms. The van der Waals surface area contributed by atoms with Crippen molar-refractivity contribution in [2.24, 2.45) is 0 Å². The molecule has 0 saturated heterocycles. The normalized spacial score (nSPS) is 20.7. The Morgan fingerprint density at radius 3 is 1.48 bits per heavy atom. The highest BCUT2D eigenvalue weighted by molar-refractivity contribution is 6.10. The molecule has 1 aromatic heterocycles. The molecule has 11 rings (SSSR count). The van der Waals surface area contributed by atoms with Crippen LogP contribution in [-0.4, -0.2) is 4.57 Å². The molecule has 1 heterocycles. The van der Waals surface area contributed by atoms with Crippen molar-refractivity contribution in [2.75, 3.05) is 4.90 Å². The third-order valence-electron chi connectivity index (χ3n) is 8.81. The van der Waals surface area contributed by atoms with Gasteiger partial charge in [-0.05, 0) is 110 Å². The van der Waals surface area contributed by atoms with Crippen molar-refractivity contribution in [1.29, 1.82) is 0 Å². The first-order chi connectivity index (χ1) is 46.4. The van der Waals surface area contributed by atoms with Gasteiger partial charge in [-0.2, -0.15) is 0 Å². The van der Waals surface area contributed by atoms with Gasteiger partial charge in [-0.3, -0.25) is 0 Å². The first kappa shape index (κ1) is 13.0. The highest BCUT2D eigenvalue weighted by atomic mass is 15.1. The maximum Gasteiger partial charge on any atom is 0.0651 e. The van der Waals surface area contributed by atoms with Gasteiger partial charge in [0, 0.05) is 33.4 Å². The minimum Gasteiger partial charge on any atom is -0.310 e. The lowest BCUT2D eigenvalue weighted by atomic mass is 9.98. The summed E-state index contributed by atoms with van der Waals surface area (Å²) >= 11 is 0. The van der Waals surface area contributed by atoms with Crippen molar-refractivity contribution in [1.82, 2.24) is 4.57 Å². The number of fused-ring (bicyclic) bond motifs is 4. The molecule has 0 aliphatic heterocycles. The molecule has 0 unspecified atom stereocenters. The average Bonchev–Trinajstić information content (AvgIpc) is 1.44. The first-order valence-electron chi connectivity index (χ1n) is 37.3. The van der Waals surface area contributed by atoms with Crippen LogP contribution in [0.1, 0.15) is 54.8 Å². The molecule has 11 aromatic rings. The molecule has 0 N–H and O–H groups in total. The molecule has 0 saturated carbocycles. The van der Waals surface area contributed by atoms with Crippen molar-refractivity contribution in [3.05, 3.63) is 242 Å². The summed E-state index contributed by atoms with van der Waals surface area (Å²) in [4.78, 5) is 0.174. The number of hydrogen-bond acceptors (Lipinski definition) is 1. The maximum atomic E-state index is 9.93. The predicted molar refractivity (Wildman–Crippen MR) is 255 cm³/mol. The van der Waals surface area contributed by atoms with Crippen LogP contribution in [0.25, 0.3) is 82.8 Å². The fourth-order valence-electron chi connectivity index (χ4n) is 6.13. The van der Waals surface area contributed by atoms with E-state index in [9.17, 15) is 28.8 Å². The molecule has 0 fully saturated rings. The van der Waals surface area contributed by atoms with Gasteiger partial charge < -0.3 is 9.47 Å². The maximum absolute atomic E-state index is 9.93. The number of hydrogen-bond donors (Lipinski definition) is 0. The van der Waals surface area contributed by atoms with Crippen LogP contribution in [0.15, 0.2) is 242 Å². The molecule has 0 aliphatic carbocycles. The second kappa shape index (κ2) is 15.1. The molecule has 2 heteroatoms. The van der Waals surface area contributed by atoms with Crippen LogP contribution in [0, 0.1) is 0 Å². The highest BCUT2D eigenvalue weighted by Crippen LogP contribution is 2.43. The Bertz CT molecular complexity index is 5530. The Balaban J connectivity index is 1.31. The summed E-state index contributed by atoms with van der Waals surface area (Å²) in [5, 5.41) is -2.82. The summed E-state index contributed by atoms with van der Waals surface area (Å²) < 4.78 is 364. The van der Waals surface area contributed by atoms with Gasteiger partial charge in [-0.1, -0.05) is 181 Å². The number of nitrogens with zero attached hydrogens (tertiary/aromatic N) is 2. The van der Waals surface area contributed by atoms with E-state index in [2.05, 4.69) is 0 Å². The summed E-state index contributed by atoms with van der Waals surface area (Å²) in [6.07, 6.45) is 0. The molecule has 0 atom stereocenters. The number of benzene rings is 10.